The Kier molecular flexibility index (Phi) is 6.58. The number of hydrogen-bond acceptors (Lipinski definition) is 4. The van der Waals surface area contributed by atoms with Crippen LogP contribution in [0.1, 0.15) is 37.5 Å². The number of allylic oxidation sites excluding steroid dienone is 1. The van der Waals surface area contributed by atoms with E-state index in [1.807, 2.05) is 28.9 Å². The second kappa shape index (κ2) is 8.90. The fourth-order valence-electron chi connectivity index (χ4n) is 3.62. The first kappa shape index (κ1) is 19.2. The Bertz CT molecular complexity index is 707. The summed E-state index contributed by atoms with van der Waals surface area (Å²) >= 11 is 7.43. The Balaban J connectivity index is 1.57. The van der Waals surface area contributed by atoms with E-state index in [-0.39, 0.29) is 12.1 Å². The summed E-state index contributed by atoms with van der Waals surface area (Å²) < 4.78 is 6.35. The Morgan fingerprint density at radius 1 is 1.27 bits per heavy atom. The summed E-state index contributed by atoms with van der Waals surface area (Å²) in [6.07, 6.45) is 3.61. The molecule has 26 heavy (non-hydrogen) atoms. The summed E-state index contributed by atoms with van der Waals surface area (Å²) in [5.41, 5.74) is 1.86. The number of carbonyl (C=O) groups is 1. The average molecular weight is 394 g/mol. The minimum Gasteiger partial charge on any atom is -0.378 e. The van der Waals surface area contributed by atoms with E-state index < -0.39 is 0 Å². The van der Waals surface area contributed by atoms with Crippen molar-refractivity contribution in [1.82, 2.24) is 9.80 Å². The second-order valence-corrected chi connectivity index (χ2v) is 8.32. The summed E-state index contributed by atoms with van der Waals surface area (Å²) in [6, 6.07) is 6.18. The highest BCUT2D eigenvalue weighted by Crippen LogP contribution is 2.33. The summed E-state index contributed by atoms with van der Waals surface area (Å²) in [4.78, 5) is 17.5. The molecule has 3 rings (SSSR count). The molecule has 0 bridgehead atoms. The van der Waals surface area contributed by atoms with Crippen LogP contribution in [0.2, 0.25) is 4.34 Å². The van der Waals surface area contributed by atoms with Crippen molar-refractivity contribution in [2.24, 2.45) is 0 Å². The van der Waals surface area contributed by atoms with Gasteiger partial charge in [0.15, 0.2) is 0 Å². The van der Waals surface area contributed by atoms with Crippen LogP contribution in [-0.4, -0.2) is 54.7 Å². The molecule has 2 amide bonds. The van der Waals surface area contributed by atoms with Crippen LogP contribution in [0.25, 0.3) is 5.57 Å². The molecule has 3 heterocycles. The van der Waals surface area contributed by atoms with Gasteiger partial charge < -0.3 is 14.5 Å². The van der Waals surface area contributed by atoms with E-state index >= 15 is 0 Å². The SMILES string of the molecule is CCOC1CCN(C(=O)N2CCC(=C(C#N)c3ccc(Cl)s3)CC2)CC1. The molecule has 2 aliphatic heterocycles. The van der Waals surface area contributed by atoms with Crippen LogP contribution < -0.4 is 0 Å². The summed E-state index contributed by atoms with van der Waals surface area (Å²) in [6.45, 7) is 5.61. The van der Waals surface area contributed by atoms with Crippen molar-refractivity contribution in [3.8, 4) is 6.07 Å². The average Bonchev–Trinajstić information content (AvgIpc) is 3.09. The van der Waals surface area contributed by atoms with Crippen molar-refractivity contribution >= 4 is 34.5 Å². The highest BCUT2D eigenvalue weighted by molar-refractivity contribution is 7.17. The van der Waals surface area contributed by atoms with Crippen LogP contribution >= 0.6 is 22.9 Å². The van der Waals surface area contributed by atoms with E-state index in [0.717, 1.165) is 61.4 Å². The number of likely N-dealkylation sites (tertiary alicyclic amines) is 2. The first-order chi connectivity index (χ1) is 12.6. The number of ether oxygens (including phenoxy) is 1. The molecule has 0 spiro atoms. The number of thiophene rings is 1. The van der Waals surface area contributed by atoms with E-state index in [9.17, 15) is 10.1 Å². The molecule has 140 valence electrons. The molecule has 0 N–H and O–H groups in total. The molecule has 5 nitrogen and oxygen atoms in total. The van der Waals surface area contributed by atoms with Crippen molar-refractivity contribution in [3.63, 3.8) is 0 Å². The van der Waals surface area contributed by atoms with Gasteiger partial charge in [-0.25, -0.2) is 4.79 Å². The van der Waals surface area contributed by atoms with E-state index in [0.29, 0.717) is 17.4 Å². The summed E-state index contributed by atoms with van der Waals surface area (Å²) in [5, 5.41) is 9.54. The van der Waals surface area contributed by atoms with E-state index in [2.05, 4.69) is 6.07 Å². The van der Waals surface area contributed by atoms with Gasteiger partial charge in [-0.1, -0.05) is 11.6 Å². The largest absolute Gasteiger partial charge is 0.378 e. The highest BCUT2D eigenvalue weighted by atomic mass is 35.5. The van der Waals surface area contributed by atoms with E-state index in [4.69, 9.17) is 16.3 Å². The van der Waals surface area contributed by atoms with Gasteiger partial charge in [-0.15, -0.1) is 11.3 Å². The number of amides is 2. The third-order valence-corrected chi connectivity index (χ3v) is 6.29. The fraction of sp³-hybridized carbons (Fsp3) is 0.579. The number of piperidine rings is 2. The number of hydrogen-bond donors (Lipinski definition) is 0. The first-order valence-corrected chi connectivity index (χ1v) is 10.3. The first-order valence-electron chi connectivity index (χ1n) is 9.15. The molecular formula is C19H24ClN3O2S. The zero-order valence-electron chi connectivity index (χ0n) is 15.0. The second-order valence-electron chi connectivity index (χ2n) is 6.61. The van der Waals surface area contributed by atoms with Crippen LogP contribution in [0.5, 0.6) is 0 Å². The predicted octanol–water partition coefficient (Wildman–Crippen LogP) is 4.40. The molecule has 0 atom stereocenters. The monoisotopic (exact) mass is 393 g/mol. The van der Waals surface area contributed by atoms with Gasteiger partial charge >= 0.3 is 6.03 Å². The van der Waals surface area contributed by atoms with Crippen LogP contribution in [0.15, 0.2) is 17.7 Å². The van der Waals surface area contributed by atoms with Gasteiger partial charge in [-0.2, -0.15) is 5.26 Å². The Morgan fingerprint density at radius 2 is 1.92 bits per heavy atom. The van der Waals surface area contributed by atoms with Crippen LogP contribution in [-0.2, 0) is 4.74 Å². The third kappa shape index (κ3) is 4.40. The minimum atomic E-state index is 0.122. The molecule has 1 aromatic rings. The molecule has 2 saturated heterocycles. The van der Waals surface area contributed by atoms with Gasteiger partial charge in [0.05, 0.1) is 16.0 Å². The van der Waals surface area contributed by atoms with Crippen molar-refractivity contribution in [2.75, 3.05) is 32.8 Å². The number of rotatable bonds is 3. The summed E-state index contributed by atoms with van der Waals surface area (Å²) in [5.74, 6) is 0. The summed E-state index contributed by atoms with van der Waals surface area (Å²) in [7, 11) is 0. The third-order valence-electron chi connectivity index (χ3n) is 5.04. The van der Waals surface area contributed by atoms with Crippen molar-refractivity contribution in [1.29, 1.82) is 5.26 Å². The molecule has 2 aliphatic rings. The van der Waals surface area contributed by atoms with Crippen molar-refractivity contribution < 1.29 is 9.53 Å². The standard InChI is InChI=1S/C19H24ClN3O2S/c1-2-25-15-7-11-23(12-8-15)19(24)22-9-5-14(6-10-22)16(13-21)17-3-4-18(20)26-17/h3-4,15H,2,5-12H2,1H3. The molecule has 1 aromatic heterocycles. The lowest BCUT2D eigenvalue weighted by atomic mass is 9.97. The van der Waals surface area contributed by atoms with Crippen molar-refractivity contribution in [2.45, 2.75) is 38.7 Å². The number of halogens is 1. The van der Waals surface area contributed by atoms with Gasteiger partial charge in [-0.05, 0) is 50.3 Å². The lowest BCUT2D eigenvalue weighted by molar-refractivity contribution is 0.0182. The molecule has 0 unspecified atom stereocenters. The smallest absolute Gasteiger partial charge is 0.320 e. The van der Waals surface area contributed by atoms with Gasteiger partial charge in [0.25, 0.3) is 0 Å². The molecule has 2 fully saturated rings. The number of nitrogens with zero attached hydrogens (tertiary/aromatic N) is 3. The van der Waals surface area contributed by atoms with Crippen LogP contribution in [0.4, 0.5) is 4.79 Å². The number of carbonyl (C=O) groups excluding carboxylic acids is 1. The maximum absolute atomic E-state index is 12.8. The van der Waals surface area contributed by atoms with Gasteiger partial charge in [0.2, 0.25) is 0 Å². The van der Waals surface area contributed by atoms with Gasteiger partial charge in [0.1, 0.15) is 6.07 Å². The maximum Gasteiger partial charge on any atom is 0.320 e. The Hall–Kier alpha value is -1.55. The van der Waals surface area contributed by atoms with E-state index in [1.54, 1.807) is 0 Å². The van der Waals surface area contributed by atoms with Gasteiger partial charge in [-0.3, -0.25) is 0 Å². The molecular weight excluding hydrogens is 370 g/mol. The van der Waals surface area contributed by atoms with E-state index in [1.165, 1.54) is 11.3 Å². The molecule has 0 radical (unpaired) electrons. The Labute approximate surface area is 163 Å². The lowest BCUT2D eigenvalue weighted by Crippen LogP contribution is -2.49. The maximum atomic E-state index is 12.8. The molecule has 0 aliphatic carbocycles. The predicted molar refractivity (Wildman–Crippen MR) is 104 cm³/mol. The lowest BCUT2D eigenvalue weighted by Gasteiger charge is -2.37. The highest BCUT2D eigenvalue weighted by Gasteiger charge is 2.28. The van der Waals surface area contributed by atoms with Crippen molar-refractivity contribution in [3.05, 3.63) is 26.9 Å². The minimum absolute atomic E-state index is 0.122. The zero-order chi connectivity index (χ0) is 18.5. The molecule has 7 heteroatoms. The van der Waals surface area contributed by atoms with Gasteiger partial charge in [0, 0.05) is 37.7 Å². The normalized spacial score (nSPS) is 18.7. The Morgan fingerprint density at radius 3 is 2.46 bits per heavy atom. The fourth-order valence-corrected chi connectivity index (χ4v) is 4.71. The zero-order valence-corrected chi connectivity index (χ0v) is 16.6. The molecule has 0 saturated carbocycles. The number of nitriles is 1. The molecule has 0 aromatic carbocycles. The van der Waals surface area contributed by atoms with Crippen LogP contribution in [0.3, 0.4) is 0 Å². The topological polar surface area (TPSA) is 56.6 Å². The number of urea groups is 1. The van der Waals surface area contributed by atoms with Crippen LogP contribution in [0, 0.1) is 11.3 Å². The quantitative estimate of drug-likeness (QED) is 0.715.